The van der Waals surface area contributed by atoms with Crippen LogP contribution >= 0.6 is 11.6 Å². The van der Waals surface area contributed by atoms with E-state index >= 15 is 0 Å². The van der Waals surface area contributed by atoms with Crippen LogP contribution in [0.5, 0.6) is 0 Å². The molecule has 0 aliphatic rings. The lowest BCUT2D eigenvalue weighted by Crippen LogP contribution is -2.13. The number of nitrogens with one attached hydrogen (secondary N) is 1. The first kappa shape index (κ1) is 13.1. The topological polar surface area (TPSA) is 12.0 Å². The van der Waals surface area contributed by atoms with E-state index in [4.69, 9.17) is 11.6 Å². The second-order valence-electron chi connectivity index (χ2n) is 4.38. The van der Waals surface area contributed by atoms with Crippen molar-refractivity contribution in [2.45, 2.75) is 19.9 Å². The molecule has 0 atom stereocenters. The zero-order valence-corrected chi connectivity index (χ0v) is 11.4. The van der Waals surface area contributed by atoms with Gasteiger partial charge in [-0.2, -0.15) is 0 Å². The molecule has 0 saturated heterocycles. The first-order valence-electron chi connectivity index (χ1n) is 6.35. The molecule has 0 saturated carbocycles. The molecule has 2 heteroatoms. The SMILES string of the molecule is CCCNCc1ccc(-c2cccc(Cl)c2)cc1. The van der Waals surface area contributed by atoms with E-state index in [1.807, 2.05) is 18.2 Å². The standard InChI is InChI=1S/C16H18ClN/c1-2-10-18-12-13-6-8-14(9-7-13)15-4-3-5-16(17)11-15/h3-9,11,18H,2,10,12H2,1H3. The molecule has 0 radical (unpaired) electrons. The maximum atomic E-state index is 6.00. The third kappa shape index (κ3) is 3.59. The summed E-state index contributed by atoms with van der Waals surface area (Å²) in [5.74, 6) is 0. The maximum absolute atomic E-state index is 6.00. The molecular formula is C16H18ClN. The summed E-state index contributed by atoms with van der Waals surface area (Å²) in [6, 6.07) is 16.6. The highest BCUT2D eigenvalue weighted by Gasteiger charge is 1.99. The minimum Gasteiger partial charge on any atom is -0.313 e. The van der Waals surface area contributed by atoms with Crippen LogP contribution in [0.4, 0.5) is 0 Å². The number of benzene rings is 2. The molecule has 0 fully saturated rings. The first-order chi connectivity index (χ1) is 8.79. The van der Waals surface area contributed by atoms with Gasteiger partial charge in [-0.25, -0.2) is 0 Å². The summed E-state index contributed by atoms with van der Waals surface area (Å²) in [5, 5.41) is 4.18. The highest BCUT2D eigenvalue weighted by Crippen LogP contribution is 2.22. The van der Waals surface area contributed by atoms with E-state index in [9.17, 15) is 0 Å². The van der Waals surface area contributed by atoms with E-state index in [2.05, 4.69) is 42.6 Å². The highest BCUT2D eigenvalue weighted by atomic mass is 35.5. The molecule has 0 heterocycles. The molecule has 0 aliphatic heterocycles. The Morgan fingerprint density at radius 2 is 1.78 bits per heavy atom. The molecule has 0 aliphatic carbocycles. The van der Waals surface area contributed by atoms with Gasteiger partial charge in [0, 0.05) is 11.6 Å². The summed E-state index contributed by atoms with van der Waals surface area (Å²) in [5.41, 5.74) is 3.68. The van der Waals surface area contributed by atoms with Gasteiger partial charge in [-0.3, -0.25) is 0 Å². The van der Waals surface area contributed by atoms with E-state index in [-0.39, 0.29) is 0 Å². The van der Waals surface area contributed by atoms with Gasteiger partial charge in [0.15, 0.2) is 0 Å². The summed E-state index contributed by atoms with van der Waals surface area (Å²) < 4.78 is 0. The van der Waals surface area contributed by atoms with E-state index in [0.29, 0.717) is 0 Å². The molecule has 0 aromatic heterocycles. The van der Waals surface area contributed by atoms with E-state index < -0.39 is 0 Å². The fraction of sp³-hybridized carbons (Fsp3) is 0.250. The highest BCUT2D eigenvalue weighted by molar-refractivity contribution is 6.30. The number of halogens is 1. The van der Waals surface area contributed by atoms with Crippen LogP contribution in [0.1, 0.15) is 18.9 Å². The normalized spacial score (nSPS) is 10.6. The molecular weight excluding hydrogens is 242 g/mol. The van der Waals surface area contributed by atoms with Crippen molar-refractivity contribution in [1.82, 2.24) is 5.32 Å². The summed E-state index contributed by atoms with van der Waals surface area (Å²) >= 11 is 6.00. The molecule has 2 aromatic carbocycles. The lowest BCUT2D eigenvalue weighted by molar-refractivity contribution is 0.675. The second kappa shape index (κ2) is 6.58. The molecule has 0 amide bonds. The van der Waals surface area contributed by atoms with Gasteiger partial charge in [-0.15, -0.1) is 0 Å². The molecule has 2 aromatic rings. The summed E-state index contributed by atoms with van der Waals surface area (Å²) in [6.07, 6.45) is 1.17. The molecule has 2 rings (SSSR count). The van der Waals surface area contributed by atoms with E-state index in [1.54, 1.807) is 0 Å². The lowest BCUT2D eigenvalue weighted by Gasteiger charge is -2.06. The van der Waals surface area contributed by atoms with E-state index in [1.165, 1.54) is 17.5 Å². The number of hydrogen-bond acceptors (Lipinski definition) is 1. The van der Waals surface area contributed by atoms with Gasteiger partial charge in [0.2, 0.25) is 0 Å². The van der Waals surface area contributed by atoms with Crippen LogP contribution in [0.25, 0.3) is 11.1 Å². The Kier molecular flexibility index (Phi) is 4.80. The summed E-state index contributed by atoms with van der Waals surface area (Å²) in [7, 11) is 0. The predicted molar refractivity (Wildman–Crippen MR) is 78.9 cm³/mol. The predicted octanol–water partition coefficient (Wildman–Crippen LogP) is 4.51. The largest absolute Gasteiger partial charge is 0.313 e. The average molecular weight is 260 g/mol. The Bertz CT molecular complexity index is 491. The minimum atomic E-state index is 0.779. The Morgan fingerprint density at radius 3 is 2.44 bits per heavy atom. The third-order valence-electron chi connectivity index (χ3n) is 2.87. The zero-order chi connectivity index (χ0) is 12.8. The maximum Gasteiger partial charge on any atom is 0.0412 e. The number of hydrogen-bond donors (Lipinski definition) is 1. The molecule has 0 unspecified atom stereocenters. The van der Waals surface area contributed by atoms with Crippen LogP contribution in [-0.2, 0) is 6.54 Å². The van der Waals surface area contributed by atoms with Crippen LogP contribution in [0.2, 0.25) is 5.02 Å². The Hall–Kier alpha value is -1.31. The van der Waals surface area contributed by atoms with Gasteiger partial charge in [0.25, 0.3) is 0 Å². The van der Waals surface area contributed by atoms with Crippen LogP contribution in [0, 0.1) is 0 Å². The van der Waals surface area contributed by atoms with Crippen molar-refractivity contribution in [3.63, 3.8) is 0 Å². The van der Waals surface area contributed by atoms with Crippen molar-refractivity contribution < 1.29 is 0 Å². The van der Waals surface area contributed by atoms with Crippen LogP contribution < -0.4 is 5.32 Å². The summed E-state index contributed by atoms with van der Waals surface area (Å²) in [4.78, 5) is 0. The fourth-order valence-corrected chi connectivity index (χ4v) is 2.08. The molecule has 0 bridgehead atoms. The van der Waals surface area contributed by atoms with Crippen LogP contribution in [0.15, 0.2) is 48.5 Å². The quantitative estimate of drug-likeness (QED) is 0.780. The monoisotopic (exact) mass is 259 g/mol. The van der Waals surface area contributed by atoms with Gasteiger partial charge in [-0.1, -0.05) is 54.9 Å². The van der Waals surface area contributed by atoms with Gasteiger partial charge >= 0.3 is 0 Å². The molecule has 1 nitrogen and oxygen atoms in total. The zero-order valence-electron chi connectivity index (χ0n) is 10.6. The number of rotatable bonds is 5. The smallest absolute Gasteiger partial charge is 0.0412 e. The lowest BCUT2D eigenvalue weighted by atomic mass is 10.0. The summed E-state index contributed by atoms with van der Waals surface area (Å²) in [6.45, 7) is 4.18. The van der Waals surface area contributed by atoms with Gasteiger partial charge < -0.3 is 5.32 Å². The van der Waals surface area contributed by atoms with Crippen molar-refractivity contribution in [1.29, 1.82) is 0 Å². The Labute approximate surface area is 114 Å². The van der Waals surface area contributed by atoms with Crippen LogP contribution in [0.3, 0.4) is 0 Å². The van der Waals surface area contributed by atoms with Crippen molar-refractivity contribution in [2.24, 2.45) is 0 Å². The van der Waals surface area contributed by atoms with E-state index in [0.717, 1.165) is 23.7 Å². The van der Waals surface area contributed by atoms with Gasteiger partial charge in [0.1, 0.15) is 0 Å². The molecule has 18 heavy (non-hydrogen) atoms. The average Bonchev–Trinajstić information content (AvgIpc) is 2.40. The van der Waals surface area contributed by atoms with Crippen molar-refractivity contribution in [3.8, 4) is 11.1 Å². The van der Waals surface area contributed by atoms with Gasteiger partial charge in [-0.05, 0) is 41.8 Å². The molecule has 1 N–H and O–H groups in total. The third-order valence-corrected chi connectivity index (χ3v) is 3.10. The van der Waals surface area contributed by atoms with Crippen LogP contribution in [-0.4, -0.2) is 6.54 Å². The Morgan fingerprint density at radius 1 is 1.00 bits per heavy atom. The van der Waals surface area contributed by atoms with Gasteiger partial charge in [0.05, 0.1) is 0 Å². The fourth-order valence-electron chi connectivity index (χ4n) is 1.89. The van der Waals surface area contributed by atoms with Crippen molar-refractivity contribution in [3.05, 3.63) is 59.1 Å². The molecule has 0 spiro atoms. The minimum absolute atomic E-state index is 0.779. The van der Waals surface area contributed by atoms with Crippen molar-refractivity contribution >= 4 is 11.6 Å². The Balaban J connectivity index is 2.07. The first-order valence-corrected chi connectivity index (χ1v) is 6.73. The van der Waals surface area contributed by atoms with Crippen molar-refractivity contribution in [2.75, 3.05) is 6.54 Å². The second-order valence-corrected chi connectivity index (χ2v) is 4.82. The molecule has 94 valence electrons.